The van der Waals surface area contributed by atoms with Crippen molar-refractivity contribution in [3.8, 4) is 11.4 Å². The molecule has 0 saturated carbocycles. The minimum atomic E-state index is -0.579. The van der Waals surface area contributed by atoms with Crippen LogP contribution in [0.4, 0.5) is 15.8 Å². The Morgan fingerprint density at radius 2 is 2.12 bits per heavy atom. The molecule has 0 spiro atoms. The summed E-state index contributed by atoms with van der Waals surface area (Å²) in [4.78, 5) is 27.4. The highest BCUT2D eigenvalue weighted by Gasteiger charge is 2.12. The molecule has 0 unspecified atom stereocenters. The molecule has 0 aliphatic carbocycles. The number of aryl methyl sites for hydroxylation is 1. The molecular formula is C17H15FN4O3S. The van der Waals surface area contributed by atoms with Gasteiger partial charge in [0.15, 0.2) is 0 Å². The molecule has 2 N–H and O–H groups in total. The van der Waals surface area contributed by atoms with Crippen molar-refractivity contribution in [3.63, 3.8) is 0 Å². The van der Waals surface area contributed by atoms with Gasteiger partial charge in [-0.3, -0.25) is 9.59 Å². The van der Waals surface area contributed by atoms with Gasteiger partial charge < -0.3 is 15.2 Å². The van der Waals surface area contributed by atoms with Crippen molar-refractivity contribution in [3.05, 3.63) is 46.7 Å². The Labute approximate surface area is 152 Å². The molecule has 9 heteroatoms. The van der Waals surface area contributed by atoms with Crippen LogP contribution in [0.5, 0.6) is 0 Å². The lowest BCUT2D eigenvalue weighted by Crippen LogP contribution is -2.13. The van der Waals surface area contributed by atoms with Crippen molar-refractivity contribution in [1.82, 2.24) is 10.1 Å². The Hall–Kier alpha value is -3.07. The lowest BCUT2D eigenvalue weighted by molar-refractivity contribution is -0.116. The highest BCUT2D eigenvalue weighted by atomic mass is 32.1. The molecule has 7 nitrogen and oxygen atoms in total. The Morgan fingerprint density at radius 3 is 2.85 bits per heavy atom. The predicted molar refractivity (Wildman–Crippen MR) is 95.3 cm³/mol. The molecule has 2 heterocycles. The fraction of sp³-hybridized carbons (Fsp3) is 0.176. The lowest BCUT2D eigenvalue weighted by atomic mass is 10.2. The van der Waals surface area contributed by atoms with E-state index < -0.39 is 11.7 Å². The minimum absolute atomic E-state index is 0.00704. The summed E-state index contributed by atoms with van der Waals surface area (Å²) in [6.07, 6.45) is 0.404. The molecule has 0 saturated heterocycles. The summed E-state index contributed by atoms with van der Waals surface area (Å²) in [5.74, 6) is -0.421. The molecule has 0 fully saturated rings. The number of amides is 2. The number of halogens is 1. The first kappa shape index (κ1) is 17.7. The number of carbonyl (C=O) groups excluding carboxylic acids is 2. The average Bonchev–Trinajstić information content (AvgIpc) is 3.26. The van der Waals surface area contributed by atoms with Crippen LogP contribution >= 0.6 is 11.3 Å². The van der Waals surface area contributed by atoms with E-state index in [2.05, 4.69) is 20.8 Å². The van der Waals surface area contributed by atoms with Crippen molar-refractivity contribution in [2.24, 2.45) is 0 Å². The van der Waals surface area contributed by atoms with Gasteiger partial charge in [0, 0.05) is 36.4 Å². The van der Waals surface area contributed by atoms with Gasteiger partial charge in [0.25, 0.3) is 0 Å². The van der Waals surface area contributed by atoms with Crippen molar-refractivity contribution in [2.75, 3.05) is 10.6 Å². The van der Waals surface area contributed by atoms with Crippen LogP contribution in [0.15, 0.2) is 39.5 Å². The summed E-state index contributed by atoms with van der Waals surface area (Å²) in [7, 11) is 0. The summed E-state index contributed by atoms with van der Waals surface area (Å²) in [6, 6.07) is 5.83. The molecule has 0 bridgehead atoms. The second-order valence-corrected chi connectivity index (χ2v) is 6.23. The SMILES string of the molecule is CC(=O)Nc1cc(NC(=O)CCc2nc(-c3ccsc3)no2)ccc1F. The van der Waals surface area contributed by atoms with Gasteiger partial charge in [-0.25, -0.2) is 4.39 Å². The smallest absolute Gasteiger partial charge is 0.227 e. The van der Waals surface area contributed by atoms with Crippen LogP contribution < -0.4 is 10.6 Å². The van der Waals surface area contributed by atoms with Gasteiger partial charge >= 0.3 is 0 Å². The van der Waals surface area contributed by atoms with Gasteiger partial charge in [0.2, 0.25) is 23.5 Å². The van der Waals surface area contributed by atoms with Gasteiger partial charge in [-0.2, -0.15) is 16.3 Å². The molecule has 0 radical (unpaired) electrons. The highest BCUT2D eigenvalue weighted by Crippen LogP contribution is 2.21. The summed E-state index contributed by atoms with van der Waals surface area (Å²) in [6.45, 7) is 1.28. The van der Waals surface area contributed by atoms with Crippen LogP contribution in [-0.2, 0) is 16.0 Å². The summed E-state index contributed by atoms with van der Waals surface area (Å²) < 4.78 is 18.7. The molecule has 1 aromatic carbocycles. The number of aromatic nitrogens is 2. The number of hydrogen-bond acceptors (Lipinski definition) is 6. The van der Waals surface area contributed by atoms with E-state index in [9.17, 15) is 14.0 Å². The monoisotopic (exact) mass is 374 g/mol. The van der Waals surface area contributed by atoms with Gasteiger partial charge in [-0.1, -0.05) is 5.16 Å². The van der Waals surface area contributed by atoms with Crippen molar-refractivity contribution in [2.45, 2.75) is 19.8 Å². The Balaban J connectivity index is 1.57. The van der Waals surface area contributed by atoms with Crippen LogP contribution in [0.1, 0.15) is 19.2 Å². The Bertz CT molecular complexity index is 924. The van der Waals surface area contributed by atoms with Crippen molar-refractivity contribution >= 4 is 34.5 Å². The molecule has 134 valence electrons. The van der Waals surface area contributed by atoms with E-state index in [-0.39, 0.29) is 24.4 Å². The van der Waals surface area contributed by atoms with Gasteiger partial charge in [0.05, 0.1) is 5.69 Å². The zero-order valence-electron chi connectivity index (χ0n) is 13.8. The van der Waals surface area contributed by atoms with Crippen LogP contribution in [0, 0.1) is 5.82 Å². The van der Waals surface area contributed by atoms with Crippen molar-refractivity contribution < 1.29 is 18.5 Å². The van der Waals surface area contributed by atoms with E-state index in [1.54, 1.807) is 0 Å². The second kappa shape index (κ2) is 7.87. The largest absolute Gasteiger partial charge is 0.339 e. The van der Waals surface area contributed by atoms with Crippen LogP contribution in [-0.4, -0.2) is 22.0 Å². The number of nitrogens with zero attached hydrogens (tertiary/aromatic N) is 2. The third-order valence-electron chi connectivity index (χ3n) is 3.37. The summed E-state index contributed by atoms with van der Waals surface area (Å²) in [5, 5.41) is 12.7. The molecule has 3 aromatic rings. The Kier molecular flexibility index (Phi) is 5.37. The van der Waals surface area contributed by atoms with Gasteiger partial charge in [-0.15, -0.1) is 0 Å². The summed E-state index contributed by atoms with van der Waals surface area (Å²) in [5.41, 5.74) is 1.25. The molecular weight excluding hydrogens is 359 g/mol. The minimum Gasteiger partial charge on any atom is -0.339 e. The summed E-state index contributed by atoms with van der Waals surface area (Å²) >= 11 is 1.53. The number of anilines is 2. The standard InChI is InChI=1S/C17H15FN4O3S/c1-10(23)19-14-8-12(2-3-13(14)18)20-15(24)4-5-16-21-17(22-25-16)11-6-7-26-9-11/h2-3,6-9H,4-5H2,1H3,(H,19,23)(H,20,24). The maximum Gasteiger partial charge on any atom is 0.227 e. The van der Waals surface area contributed by atoms with E-state index in [1.807, 2.05) is 16.8 Å². The number of benzene rings is 1. The third kappa shape index (κ3) is 4.51. The zero-order valence-corrected chi connectivity index (χ0v) is 14.6. The maximum absolute atomic E-state index is 13.6. The molecule has 2 aromatic heterocycles. The number of rotatable bonds is 6. The second-order valence-electron chi connectivity index (χ2n) is 5.45. The number of thiophene rings is 1. The van der Waals surface area contributed by atoms with E-state index in [0.717, 1.165) is 5.56 Å². The molecule has 0 aliphatic heterocycles. The third-order valence-corrected chi connectivity index (χ3v) is 4.06. The molecule has 26 heavy (non-hydrogen) atoms. The first-order valence-electron chi connectivity index (χ1n) is 7.73. The van der Waals surface area contributed by atoms with Crippen molar-refractivity contribution in [1.29, 1.82) is 0 Å². The molecule has 2 amide bonds. The first-order chi connectivity index (χ1) is 12.5. The quantitative estimate of drug-likeness (QED) is 0.689. The normalized spacial score (nSPS) is 10.5. The maximum atomic E-state index is 13.6. The van der Waals surface area contributed by atoms with Crippen LogP contribution in [0.2, 0.25) is 0 Å². The number of hydrogen-bond donors (Lipinski definition) is 2. The Morgan fingerprint density at radius 1 is 1.27 bits per heavy atom. The first-order valence-corrected chi connectivity index (χ1v) is 8.67. The van der Waals surface area contributed by atoms with Crippen LogP contribution in [0.25, 0.3) is 11.4 Å². The number of nitrogens with one attached hydrogen (secondary N) is 2. The highest BCUT2D eigenvalue weighted by molar-refractivity contribution is 7.08. The molecule has 0 aliphatic rings. The molecule has 0 atom stereocenters. The fourth-order valence-electron chi connectivity index (χ4n) is 2.20. The zero-order chi connectivity index (χ0) is 18.5. The van der Waals surface area contributed by atoms with E-state index in [1.165, 1.54) is 36.5 Å². The van der Waals surface area contributed by atoms with E-state index in [4.69, 9.17) is 4.52 Å². The lowest BCUT2D eigenvalue weighted by Gasteiger charge is -2.08. The van der Waals surface area contributed by atoms with Crippen LogP contribution in [0.3, 0.4) is 0 Å². The number of carbonyl (C=O) groups is 2. The average molecular weight is 374 g/mol. The molecule has 3 rings (SSSR count). The van der Waals surface area contributed by atoms with Gasteiger partial charge in [0.1, 0.15) is 5.82 Å². The van der Waals surface area contributed by atoms with E-state index >= 15 is 0 Å². The van der Waals surface area contributed by atoms with Gasteiger partial charge in [-0.05, 0) is 29.6 Å². The predicted octanol–water partition coefficient (Wildman–Crippen LogP) is 3.47. The topological polar surface area (TPSA) is 97.1 Å². The van der Waals surface area contributed by atoms with E-state index in [0.29, 0.717) is 17.4 Å². The fourth-order valence-corrected chi connectivity index (χ4v) is 2.83.